The van der Waals surface area contributed by atoms with Gasteiger partial charge in [0.05, 0.1) is 0 Å². The molecule has 2 nitrogen and oxygen atoms in total. The molecule has 0 unspecified atom stereocenters. The largest absolute Gasteiger partial charge is 0.386 e. The summed E-state index contributed by atoms with van der Waals surface area (Å²) in [4.78, 5) is 0. The van der Waals surface area contributed by atoms with E-state index in [2.05, 4.69) is 0 Å². The Morgan fingerprint density at radius 2 is 2.10 bits per heavy atom. The van der Waals surface area contributed by atoms with Crippen molar-refractivity contribution in [3.05, 3.63) is 22.8 Å². The number of aliphatic hydroxyl groups is 2. The Morgan fingerprint density at radius 3 is 2.60 bits per heavy atom. The number of rotatable bonds is 0. The normalized spacial score (nSPS) is 33.2. The first-order chi connectivity index (χ1) is 4.61. The van der Waals surface area contributed by atoms with Crippen LogP contribution in [0.4, 0.5) is 0 Å². The zero-order valence-electron chi connectivity index (χ0n) is 5.58. The van der Waals surface area contributed by atoms with Gasteiger partial charge in [-0.1, -0.05) is 11.6 Å². The molecule has 0 saturated heterocycles. The van der Waals surface area contributed by atoms with Crippen LogP contribution in [0.2, 0.25) is 0 Å². The summed E-state index contributed by atoms with van der Waals surface area (Å²) in [5, 5.41) is 18.7. The van der Waals surface area contributed by atoms with Crippen molar-refractivity contribution in [2.75, 3.05) is 0 Å². The Morgan fingerprint density at radius 1 is 1.50 bits per heavy atom. The first kappa shape index (κ1) is 7.79. The van der Waals surface area contributed by atoms with Gasteiger partial charge in [0, 0.05) is 5.03 Å². The molecule has 1 aliphatic rings. The van der Waals surface area contributed by atoms with Crippen molar-refractivity contribution < 1.29 is 10.2 Å². The van der Waals surface area contributed by atoms with E-state index in [4.69, 9.17) is 21.8 Å². The van der Waals surface area contributed by atoms with Crippen molar-refractivity contribution >= 4 is 11.6 Å². The van der Waals surface area contributed by atoms with E-state index in [1.165, 1.54) is 6.08 Å². The van der Waals surface area contributed by atoms with Gasteiger partial charge in [-0.2, -0.15) is 0 Å². The van der Waals surface area contributed by atoms with E-state index in [1.807, 2.05) is 0 Å². The average Bonchev–Trinajstić information content (AvgIpc) is 1.82. The molecule has 0 bridgehead atoms. The number of hydrogen-bond acceptors (Lipinski definition) is 2. The third-order valence-corrected chi connectivity index (χ3v) is 1.72. The van der Waals surface area contributed by atoms with Gasteiger partial charge in [0.25, 0.3) is 0 Å². The lowest BCUT2D eigenvalue weighted by Crippen LogP contribution is -2.27. The third kappa shape index (κ3) is 1.40. The summed E-state index contributed by atoms with van der Waals surface area (Å²) in [6.45, 7) is 1.73. The minimum Gasteiger partial charge on any atom is -0.386 e. The standard InChI is InChI=1S/C7H9ClO2/c1-4-2-5(8)3-6(9)7(4)10/h2-3,6-7,9-10H,1H3/t6-,7+/m1/s1. The summed E-state index contributed by atoms with van der Waals surface area (Å²) < 4.78 is 0. The average molecular weight is 161 g/mol. The van der Waals surface area contributed by atoms with Crippen molar-refractivity contribution in [1.82, 2.24) is 0 Å². The molecular weight excluding hydrogens is 152 g/mol. The van der Waals surface area contributed by atoms with Crippen molar-refractivity contribution in [3.63, 3.8) is 0 Å². The Hall–Kier alpha value is -0.310. The summed E-state index contributed by atoms with van der Waals surface area (Å²) in [6.07, 6.45) is 1.41. The van der Waals surface area contributed by atoms with Gasteiger partial charge in [-0.25, -0.2) is 0 Å². The fourth-order valence-corrected chi connectivity index (χ4v) is 1.18. The molecule has 1 rings (SSSR count). The molecule has 2 N–H and O–H groups in total. The zero-order chi connectivity index (χ0) is 7.72. The molecule has 2 atom stereocenters. The number of hydrogen-bond donors (Lipinski definition) is 2. The third-order valence-electron chi connectivity index (χ3n) is 1.49. The van der Waals surface area contributed by atoms with Crippen LogP contribution < -0.4 is 0 Å². The second kappa shape index (κ2) is 2.74. The van der Waals surface area contributed by atoms with E-state index < -0.39 is 12.2 Å². The second-order valence-corrected chi connectivity index (χ2v) is 2.81. The van der Waals surface area contributed by atoms with E-state index in [0.29, 0.717) is 10.6 Å². The Kier molecular flexibility index (Phi) is 2.14. The zero-order valence-corrected chi connectivity index (χ0v) is 6.34. The van der Waals surface area contributed by atoms with Crippen molar-refractivity contribution in [1.29, 1.82) is 0 Å². The Balaban J connectivity index is 2.85. The van der Waals surface area contributed by atoms with Crippen LogP contribution in [0.25, 0.3) is 0 Å². The van der Waals surface area contributed by atoms with Gasteiger partial charge in [-0.05, 0) is 24.6 Å². The predicted molar refractivity (Wildman–Crippen MR) is 39.7 cm³/mol. The van der Waals surface area contributed by atoms with Gasteiger partial charge in [0.2, 0.25) is 0 Å². The second-order valence-electron chi connectivity index (χ2n) is 2.38. The van der Waals surface area contributed by atoms with Gasteiger partial charge in [0.15, 0.2) is 0 Å². The summed E-state index contributed by atoms with van der Waals surface area (Å²) in [6, 6.07) is 0. The van der Waals surface area contributed by atoms with Gasteiger partial charge < -0.3 is 10.2 Å². The fraction of sp³-hybridized carbons (Fsp3) is 0.429. The van der Waals surface area contributed by atoms with Crippen LogP contribution in [0.3, 0.4) is 0 Å². The summed E-state index contributed by atoms with van der Waals surface area (Å²) in [5.41, 5.74) is 0.694. The topological polar surface area (TPSA) is 40.5 Å². The minimum absolute atomic E-state index is 0.482. The molecule has 0 fully saturated rings. The molecular formula is C7H9ClO2. The Labute approximate surface area is 64.4 Å². The smallest absolute Gasteiger partial charge is 0.105 e. The highest BCUT2D eigenvalue weighted by Crippen LogP contribution is 2.19. The van der Waals surface area contributed by atoms with Crippen LogP contribution in [0.15, 0.2) is 22.8 Å². The van der Waals surface area contributed by atoms with Gasteiger partial charge >= 0.3 is 0 Å². The maximum atomic E-state index is 9.14. The van der Waals surface area contributed by atoms with Gasteiger partial charge in [-0.15, -0.1) is 0 Å². The van der Waals surface area contributed by atoms with Crippen LogP contribution in [0.1, 0.15) is 6.92 Å². The maximum Gasteiger partial charge on any atom is 0.105 e. The van der Waals surface area contributed by atoms with Crippen LogP contribution in [-0.2, 0) is 0 Å². The molecule has 0 radical (unpaired) electrons. The SMILES string of the molecule is CC1=CC(Cl)=C[C@@H](O)[C@H]1O. The van der Waals surface area contributed by atoms with E-state index in [0.717, 1.165) is 0 Å². The van der Waals surface area contributed by atoms with Crippen LogP contribution in [-0.4, -0.2) is 22.4 Å². The quantitative estimate of drug-likeness (QED) is 0.550. The molecule has 0 aromatic rings. The maximum absolute atomic E-state index is 9.14. The first-order valence-electron chi connectivity index (χ1n) is 3.03. The van der Waals surface area contributed by atoms with Crippen molar-refractivity contribution in [2.45, 2.75) is 19.1 Å². The lowest BCUT2D eigenvalue weighted by atomic mass is 10.0. The first-order valence-corrected chi connectivity index (χ1v) is 3.40. The number of halogens is 1. The van der Waals surface area contributed by atoms with Crippen LogP contribution >= 0.6 is 11.6 Å². The summed E-state index contributed by atoms with van der Waals surface area (Å²) in [7, 11) is 0. The van der Waals surface area contributed by atoms with E-state index >= 15 is 0 Å². The molecule has 3 heteroatoms. The van der Waals surface area contributed by atoms with Crippen molar-refractivity contribution in [3.8, 4) is 0 Å². The molecule has 1 aliphatic carbocycles. The molecule has 0 amide bonds. The fourth-order valence-electron chi connectivity index (χ4n) is 0.875. The monoisotopic (exact) mass is 160 g/mol. The van der Waals surface area contributed by atoms with E-state index in [-0.39, 0.29) is 0 Å². The molecule has 0 heterocycles. The van der Waals surface area contributed by atoms with Crippen LogP contribution in [0.5, 0.6) is 0 Å². The lowest BCUT2D eigenvalue weighted by molar-refractivity contribution is 0.0713. The van der Waals surface area contributed by atoms with E-state index in [1.54, 1.807) is 13.0 Å². The number of aliphatic hydroxyl groups excluding tert-OH is 2. The highest BCUT2D eigenvalue weighted by atomic mass is 35.5. The van der Waals surface area contributed by atoms with Gasteiger partial charge in [-0.3, -0.25) is 0 Å². The molecule has 0 saturated carbocycles. The van der Waals surface area contributed by atoms with Crippen molar-refractivity contribution in [2.24, 2.45) is 0 Å². The summed E-state index contributed by atoms with van der Waals surface area (Å²) in [5.74, 6) is 0. The van der Waals surface area contributed by atoms with Crippen LogP contribution in [0, 0.1) is 0 Å². The minimum atomic E-state index is -0.850. The molecule has 10 heavy (non-hydrogen) atoms. The molecule has 0 aromatic carbocycles. The summed E-state index contributed by atoms with van der Waals surface area (Å²) >= 11 is 5.59. The highest BCUT2D eigenvalue weighted by molar-refractivity contribution is 6.31. The number of allylic oxidation sites excluding steroid dienone is 2. The molecule has 0 spiro atoms. The predicted octanol–water partition coefficient (Wildman–Crippen LogP) is 0.791. The Bertz CT molecular complexity index is 196. The molecule has 56 valence electrons. The lowest BCUT2D eigenvalue weighted by Gasteiger charge is -2.19. The van der Waals surface area contributed by atoms with Gasteiger partial charge in [0.1, 0.15) is 12.2 Å². The molecule has 0 aliphatic heterocycles. The van der Waals surface area contributed by atoms with E-state index in [9.17, 15) is 0 Å². The highest BCUT2D eigenvalue weighted by Gasteiger charge is 2.19. The molecule has 0 aromatic heterocycles.